The number of para-hydroxylation sites is 1. The molecule has 0 fully saturated rings. The van der Waals surface area contributed by atoms with Gasteiger partial charge in [-0.15, -0.1) is 0 Å². The van der Waals surface area contributed by atoms with Crippen LogP contribution in [0.15, 0.2) is 87.1 Å². The first-order valence-corrected chi connectivity index (χ1v) is 13.4. The van der Waals surface area contributed by atoms with Crippen molar-refractivity contribution >= 4 is 23.1 Å². The van der Waals surface area contributed by atoms with Crippen molar-refractivity contribution in [1.29, 1.82) is 0 Å². The number of benzene rings is 3. The molecule has 0 aliphatic carbocycles. The molecule has 3 aromatic carbocycles. The predicted octanol–water partition coefficient (Wildman–Crippen LogP) is 6.82. The van der Waals surface area contributed by atoms with Crippen LogP contribution in [0.1, 0.15) is 53.9 Å². The summed E-state index contributed by atoms with van der Waals surface area (Å²) in [6.07, 6.45) is 1.50. The van der Waals surface area contributed by atoms with Crippen LogP contribution in [0.2, 0.25) is 0 Å². The number of hydrogen-bond donors (Lipinski definition) is 0. The first-order valence-electron chi connectivity index (χ1n) is 13.4. The smallest absolute Gasteiger partial charge is 0.337 e. The number of nitrogens with zero attached hydrogens (tertiary/aromatic N) is 3. The van der Waals surface area contributed by atoms with Crippen molar-refractivity contribution in [2.24, 2.45) is 5.10 Å². The molecule has 8 heteroatoms. The lowest BCUT2D eigenvalue weighted by atomic mass is 9.96. The SMILES string of the molecule is CCOc1cc(C)c(-c2nc3ccccc3c(=O)n2N=Cc2ccc(-c3ccc(C(=O)OC)cc3)o2)cc1C(C)C. The Morgan fingerprint density at radius 2 is 1.83 bits per heavy atom. The maximum atomic E-state index is 13.7. The normalized spacial score (nSPS) is 11.5. The monoisotopic (exact) mass is 549 g/mol. The van der Waals surface area contributed by atoms with Gasteiger partial charge in [-0.1, -0.05) is 38.1 Å². The zero-order valence-electron chi connectivity index (χ0n) is 23.7. The molecule has 41 heavy (non-hydrogen) atoms. The van der Waals surface area contributed by atoms with E-state index < -0.39 is 5.97 Å². The van der Waals surface area contributed by atoms with E-state index >= 15 is 0 Å². The highest BCUT2D eigenvalue weighted by Crippen LogP contribution is 2.34. The lowest BCUT2D eigenvalue weighted by Gasteiger charge is -2.18. The molecule has 208 valence electrons. The van der Waals surface area contributed by atoms with E-state index in [9.17, 15) is 9.59 Å². The fraction of sp³-hybridized carbons (Fsp3) is 0.212. The maximum absolute atomic E-state index is 13.7. The third-order valence-electron chi connectivity index (χ3n) is 6.79. The van der Waals surface area contributed by atoms with Gasteiger partial charge in [-0.2, -0.15) is 9.78 Å². The fourth-order valence-corrected chi connectivity index (χ4v) is 4.66. The number of carbonyl (C=O) groups is 1. The molecule has 0 saturated carbocycles. The largest absolute Gasteiger partial charge is 0.494 e. The molecule has 0 radical (unpaired) electrons. The number of fused-ring (bicyclic) bond motifs is 1. The molecule has 0 spiro atoms. The Labute approximate surface area is 237 Å². The van der Waals surface area contributed by atoms with Crippen molar-refractivity contribution in [2.75, 3.05) is 13.7 Å². The fourth-order valence-electron chi connectivity index (χ4n) is 4.66. The summed E-state index contributed by atoms with van der Waals surface area (Å²) in [5.41, 5.74) is 4.28. The summed E-state index contributed by atoms with van der Waals surface area (Å²) in [5.74, 6) is 2.09. The molecular formula is C33H31N3O5. The molecule has 5 aromatic rings. The van der Waals surface area contributed by atoms with E-state index in [0.717, 1.165) is 28.0 Å². The van der Waals surface area contributed by atoms with Crippen LogP contribution in [0.25, 0.3) is 33.6 Å². The first-order chi connectivity index (χ1) is 19.8. The molecule has 0 atom stereocenters. The zero-order valence-corrected chi connectivity index (χ0v) is 23.7. The van der Waals surface area contributed by atoms with Crippen molar-refractivity contribution in [3.8, 4) is 28.5 Å². The maximum Gasteiger partial charge on any atom is 0.337 e. The molecule has 2 heterocycles. The van der Waals surface area contributed by atoms with Gasteiger partial charge in [0.2, 0.25) is 0 Å². The highest BCUT2D eigenvalue weighted by atomic mass is 16.5. The van der Waals surface area contributed by atoms with Gasteiger partial charge >= 0.3 is 5.97 Å². The highest BCUT2D eigenvalue weighted by molar-refractivity contribution is 5.90. The van der Waals surface area contributed by atoms with Crippen LogP contribution in [-0.4, -0.2) is 35.6 Å². The van der Waals surface area contributed by atoms with Gasteiger partial charge in [-0.05, 0) is 79.4 Å². The van der Waals surface area contributed by atoms with Crippen LogP contribution < -0.4 is 10.3 Å². The van der Waals surface area contributed by atoms with Crippen LogP contribution in [-0.2, 0) is 4.74 Å². The minimum Gasteiger partial charge on any atom is -0.494 e. The Morgan fingerprint density at radius 1 is 1.07 bits per heavy atom. The number of carbonyl (C=O) groups excluding carboxylic acids is 1. The van der Waals surface area contributed by atoms with Gasteiger partial charge < -0.3 is 13.9 Å². The van der Waals surface area contributed by atoms with E-state index in [4.69, 9.17) is 18.9 Å². The second-order valence-corrected chi connectivity index (χ2v) is 9.88. The quantitative estimate of drug-likeness (QED) is 0.156. The minimum absolute atomic E-state index is 0.197. The number of esters is 1. The van der Waals surface area contributed by atoms with Crippen LogP contribution in [0.3, 0.4) is 0 Å². The summed E-state index contributed by atoms with van der Waals surface area (Å²) in [4.78, 5) is 30.3. The summed E-state index contributed by atoms with van der Waals surface area (Å²) >= 11 is 0. The lowest BCUT2D eigenvalue weighted by Crippen LogP contribution is -2.20. The summed E-state index contributed by atoms with van der Waals surface area (Å²) < 4.78 is 18.0. The molecule has 0 unspecified atom stereocenters. The summed E-state index contributed by atoms with van der Waals surface area (Å²) in [7, 11) is 1.34. The van der Waals surface area contributed by atoms with Gasteiger partial charge in [0.1, 0.15) is 17.3 Å². The van der Waals surface area contributed by atoms with E-state index in [1.807, 2.05) is 50.2 Å². The molecule has 0 amide bonds. The van der Waals surface area contributed by atoms with E-state index in [-0.39, 0.29) is 11.5 Å². The average molecular weight is 550 g/mol. The number of methoxy groups -OCH3 is 1. The Bertz CT molecular complexity index is 1810. The number of ether oxygens (including phenoxy) is 2. The number of aryl methyl sites for hydroxylation is 1. The van der Waals surface area contributed by atoms with Crippen molar-refractivity contribution in [2.45, 2.75) is 33.6 Å². The van der Waals surface area contributed by atoms with Gasteiger partial charge in [0.15, 0.2) is 5.82 Å². The Morgan fingerprint density at radius 3 is 2.54 bits per heavy atom. The second-order valence-electron chi connectivity index (χ2n) is 9.88. The summed E-state index contributed by atoms with van der Waals surface area (Å²) in [6.45, 7) is 8.70. The standard InChI is InChI=1S/C33H31N3O5/c1-6-40-30-17-21(4)27(18-26(30)20(2)3)31-35-28-10-8-7-9-25(28)32(37)36(31)34-19-24-15-16-29(41-24)22-11-13-23(14-12-22)33(38)39-5/h7-20H,6H2,1-5H3. The van der Waals surface area contributed by atoms with Crippen LogP contribution in [0.4, 0.5) is 0 Å². The third kappa shape index (κ3) is 5.54. The van der Waals surface area contributed by atoms with Crippen LogP contribution in [0, 0.1) is 6.92 Å². The Kier molecular flexibility index (Phi) is 7.83. The predicted molar refractivity (Wildman–Crippen MR) is 160 cm³/mol. The molecule has 0 saturated heterocycles. The van der Waals surface area contributed by atoms with Crippen molar-refractivity contribution < 1.29 is 18.7 Å². The van der Waals surface area contributed by atoms with Crippen LogP contribution >= 0.6 is 0 Å². The van der Waals surface area contributed by atoms with E-state index in [1.165, 1.54) is 18.0 Å². The molecule has 0 aliphatic heterocycles. The van der Waals surface area contributed by atoms with Crippen molar-refractivity contribution in [3.05, 3.63) is 106 Å². The molecule has 0 N–H and O–H groups in total. The third-order valence-corrected chi connectivity index (χ3v) is 6.79. The van der Waals surface area contributed by atoms with Gasteiger partial charge in [-0.25, -0.2) is 9.78 Å². The number of aromatic nitrogens is 2. The highest BCUT2D eigenvalue weighted by Gasteiger charge is 2.19. The molecule has 8 nitrogen and oxygen atoms in total. The van der Waals surface area contributed by atoms with Crippen molar-refractivity contribution in [3.63, 3.8) is 0 Å². The van der Waals surface area contributed by atoms with Crippen molar-refractivity contribution in [1.82, 2.24) is 9.66 Å². The number of rotatable bonds is 8. The van der Waals surface area contributed by atoms with Gasteiger partial charge in [0.25, 0.3) is 5.56 Å². The molecule has 5 rings (SSSR count). The Balaban J connectivity index is 1.59. The molecular weight excluding hydrogens is 518 g/mol. The summed E-state index contributed by atoms with van der Waals surface area (Å²) in [5, 5.41) is 5.03. The van der Waals surface area contributed by atoms with Gasteiger partial charge in [0, 0.05) is 11.1 Å². The first kappa shape index (κ1) is 27.6. The van der Waals surface area contributed by atoms with Crippen LogP contribution in [0.5, 0.6) is 5.75 Å². The molecule has 2 aromatic heterocycles. The average Bonchev–Trinajstić information content (AvgIpc) is 3.45. The zero-order chi connectivity index (χ0) is 29.1. The number of furan rings is 1. The van der Waals surface area contributed by atoms with E-state index in [1.54, 1.807) is 36.4 Å². The topological polar surface area (TPSA) is 95.9 Å². The molecule has 0 bridgehead atoms. The number of hydrogen-bond acceptors (Lipinski definition) is 7. The van der Waals surface area contributed by atoms with E-state index in [0.29, 0.717) is 40.4 Å². The van der Waals surface area contributed by atoms with Gasteiger partial charge in [-0.3, -0.25) is 4.79 Å². The Hall–Kier alpha value is -4.98. The van der Waals surface area contributed by atoms with E-state index in [2.05, 4.69) is 18.9 Å². The second kappa shape index (κ2) is 11.6. The minimum atomic E-state index is -0.405. The molecule has 0 aliphatic rings. The van der Waals surface area contributed by atoms with Gasteiger partial charge in [0.05, 0.1) is 36.4 Å². The summed E-state index contributed by atoms with van der Waals surface area (Å²) in [6, 6.07) is 21.8. The lowest BCUT2D eigenvalue weighted by molar-refractivity contribution is 0.0600.